The van der Waals surface area contributed by atoms with Gasteiger partial charge in [0.05, 0.1) is 0 Å². The van der Waals surface area contributed by atoms with Gasteiger partial charge in [-0.15, -0.1) is 0 Å². The van der Waals surface area contributed by atoms with Gasteiger partial charge in [-0.05, 0) is 13.3 Å². The minimum Gasteiger partial charge on any atom is -0.0838 e. The van der Waals surface area contributed by atoms with Crippen molar-refractivity contribution >= 4 is 0 Å². The third-order valence-corrected chi connectivity index (χ3v) is 0.989. The number of hydrogen-bond donors (Lipinski definition) is 0. The molecule has 1 rings (SSSR count). The standard InChI is InChI=1S/C7H8/c1-7-5-3-2-4-6-7/h2-3,6H,4H2,1H3. The van der Waals surface area contributed by atoms with E-state index in [1.807, 2.05) is 6.08 Å². The van der Waals surface area contributed by atoms with Gasteiger partial charge < -0.3 is 0 Å². The summed E-state index contributed by atoms with van der Waals surface area (Å²) in [6.07, 6.45) is 10.4. The summed E-state index contributed by atoms with van der Waals surface area (Å²) < 4.78 is 0. The van der Waals surface area contributed by atoms with Crippen LogP contribution in [0.5, 0.6) is 0 Å². The number of allylic oxidation sites excluding steroid dienone is 4. The van der Waals surface area contributed by atoms with Crippen molar-refractivity contribution in [2.45, 2.75) is 13.3 Å². The van der Waals surface area contributed by atoms with Crippen LogP contribution in [0.15, 0.2) is 23.8 Å². The lowest BCUT2D eigenvalue weighted by atomic mass is 10.1. The Labute approximate surface area is 44.5 Å². The van der Waals surface area contributed by atoms with Crippen LogP contribution >= 0.6 is 0 Å². The SMILES string of the molecule is CC1=CCC=C[C]1. The van der Waals surface area contributed by atoms with Crippen LogP contribution in [0.3, 0.4) is 0 Å². The third-order valence-electron chi connectivity index (χ3n) is 0.989. The second-order valence-electron chi connectivity index (χ2n) is 1.67. The van der Waals surface area contributed by atoms with Crippen LogP contribution in [-0.2, 0) is 0 Å². The van der Waals surface area contributed by atoms with Gasteiger partial charge in [0, 0.05) is 6.42 Å². The van der Waals surface area contributed by atoms with Gasteiger partial charge >= 0.3 is 0 Å². The van der Waals surface area contributed by atoms with E-state index in [9.17, 15) is 0 Å². The molecule has 0 fully saturated rings. The van der Waals surface area contributed by atoms with E-state index in [2.05, 4.69) is 25.5 Å². The van der Waals surface area contributed by atoms with Crippen LogP contribution < -0.4 is 0 Å². The van der Waals surface area contributed by atoms with E-state index in [-0.39, 0.29) is 0 Å². The zero-order valence-corrected chi connectivity index (χ0v) is 4.44. The molecular weight excluding hydrogens is 84.1 g/mol. The summed E-state index contributed by atoms with van der Waals surface area (Å²) in [6.45, 7) is 2.06. The van der Waals surface area contributed by atoms with E-state index in [4.69, 9.17) is 0 Å². The van der Waals surface area contributed by atoms with E-state index >= 15 is 0 Å². The predicted molar refractivity (Wildman–Crippen MR) is 30.8 cm³/mol. The van der Waals surface area contributed by atoms with Crippen molar-refractivity contribution in [1.82, 2.24) is 0 Å². The quantitative estimate of drug-likeness (QED) is 0.428. The molecule has 1 aliphatic carbocycles. The molecule has 0 aromatic carbocycles. The molecule has 36 valence electrons. The molecule has 0 aliphatic heterocycles. The molecule has 0 spiro atoms. The minimum absolute atomic E-state index is 1.08. The lowest BCUT2D eigenvalue weighted by Crippen LogP contribution is -1.78. The van der Waals surface area contributed by atoms with Gasteiger partial charge in [-0.3, -0.25) is 0 Å². The molecule has 0 aromatic heterocycles. The van der Waals surface area contributed by atoms with Gasteiger partial charge in [0.2, 0.25) is 0 Å². The van der Waals surface area contributed by atoms with E-state index < -0.39 is 0 Å². The zero-order valence-electron chi connectivity index (χ0n) is 4.44. The van der Waals surface area contributed by atoms with Crippen molar-refractivity contribution in [3.63, 3.8) is 0 Å². The van der Waals surface area contributed by atoms with E-state index in [0.717, 1.165) is 6.42 Å². The average Bonchev–Trinajstić information content (AvgIpc) is 1.69. The second kappa shape index (κ2) is 1.97. The molecule has 0 heteroatoms. The van der Waals surface area contributed by atoms with Crippen molar-refractivity contribution in [1.29, 1.82) is 0 Å². The Bertz CT molecular complexity index is 107. The van der Waals surface area contributed by atoms with Crippen LogP contribution in [-0.4, -0.2) is 0 Å². The first-order valence-electron chi connectivity index (χ1n) is 2.48. The molecular formula is C7H8. The van der Waals surface area contributed by atoms with Gasteiger partial charge in [0.15, 0.2) is 0 Å². The largest absolute Gasteiger partial charge is 0.0838 e. The van der Waals surface area contributed by atoms with Crippen LogP contribution in [0.2, 0.25) is 0 Å². The highest BCUT2D eigenvalue weighted by molar-refractivity contribution is 5.24. The molecule has 7 heavy (non-hydrogen) atoms. The van der Waals surface area contributed by atoms with Crippen molar-refractivity contribution in [2.24, 2.45) is 0 Å². The smallest absolute Gasteiger partial charge is 0.0369 e. The molecule has 0 N–H and O–H groups in total. The van der Waals surface area contributed by atoms with Crippen LogP contribution in [0.25, 0.3) is 0 Å². The van der Waals surface area contributed by atoms with Gasteiger partial charge in [0.25, 0.3) is 0 Å². The highest BCUT2D eigenvalue weighted by Crippen LogP contribution is 2.06. The second-order valence-corrected chi connectivity index (χ2v) is 1.67. The van der Waals surface area contributed by atoms with Crippen LogP contribution in [0, 0.1) is 6.42 Å². The summed E-state index contributed by atoms with van der Waals surface area (Å²) in [7, 11) is 0. The summed E-state index contributed by atoms with van der Waals surface area (Å²) >= 11 is 0. The average molecular weight is 92.1 g/mol. The Balaban J connectivity index is 2.50. The van der Waals surface area contributed by atoms with Crippen LogP contribution in [0.4, 0.5) is 0 Å². The molecule has 1 aliphatic rings. The Morgan fingerprint density at radius 2 is 2.57 bits per heavy atom. The van der Waals surface area contributed by atoms with E-state index in [0.29, 0.717) is 0 Å². The fourth-order valence-corrected chi connectivity index (χ4v) is 0.562. The monoisotopic (exact) mass is 92.1 g/mol. The van der Waals surface area contributed by atoms with Gasteiger partial charge in [0.1, 0.15) is 0 Å². The molecule has 0 heterocycles. The topological polar surface area (TPSA) is 0 Å². The third kappa shape index (κ3) is 1.19. The molecule has 0 nitrogen and oxygen atoms in total. The van der Waals surface area contributed by atoms with E-state index in [1.54, 1.807) is 0 Å². The predicted octanol–water partition coefficient (Wildman–Crippen LogP) is 1.97. The summed E-state index contributed by atoms with van der Waals surface area (Å²) in [5, 5.41) is 0. The van der Waals surface area contributed by atoms with Crippen LogP contribution in [0.1, 0.15) is 13.3 Å². The maximum Gasteiger partial charge on any atom is 0.0369 e. The molecule has 0 amide bonds. The molecule has 0 saturated heterocycles. The summed E-state index contributed by atoms with van der Waals surface area (Å²) in [6, 6.07) is 0. The first kappa shape index (κ1) is 4.63. The molecule has 0 bridgehead atoms. The Morgan fingerprint density at radius 3 is 2.86 bits per heavy atom. The van der Waals surface area contributed by atoms with Gasteiger partial charge in [-0.2, -0.15) is 0 Å². The lowest BCUT2D eigenvalue weighted by molar-refractivity contribution is 1.25. The number of rotatable bonds is 0. The Morgan fingerprint density at radius 1 is 1.71 bits per heavy atom. The van der Waals surface area contributed by atoms with Gasteiger partial charge in [-0.1, -0.05) is 23.8 Å². The van der Waals surface area contributed by atoms with Crippen molar-refractivity contribution < 1.29 is 0 Å². The zero-order chi connectivity index (χ0) is 5.11. The van der Waals surface area contributed by atoms with Gasteiger partial charge in [-0.25, -0.2) is 0 Å². The molecule has 0 unspecified atom stereocenters. The maximum absolute atomic E-state index is 3.06. The molecule has 0 saturated carbocycles. The fourth-order valence-electron chi connectivity index (χ4n) is 0.562. The normalized spacial score (nSPS) is 19.3. The first-order valence-corrected chi connectivity index (χ1v) is 2.48. The van der Waals surface area contributed by atoms with Crippen molar-refractivity contribution in [3.05, 3.63) is 30.2 Å². The summed E-state index contributed by atoms with van der Waals surface area (Å²) in [4.78, 5) is 0. The van der Waals surface area contributed by atoms with Crippen molar-refractivity contribution in [2.75, 3.05) is 0 Å². The summed E-state index contributed by atoms with van der Waals surface area (Å²) in [5.41, 5.74) is 1.25. The minimum atomic E-state index is 1.08. The number of hydrogen-bond acceptors (Lipinski definition) is 0. The first-order chi connectivity index (χ1) is 3.39. The maximum atomic E-state index is 3.06. The Hall–Kier alpha value is -0.520. The molecule has 0 atom stereocenters. The molecule has 2 radical (unpaired) electrons. The summed E-state index contributed by atoms with van der Waals surface area (Å²) in [5.74, 6) is 0. The lowest BCUT2D eigenvalue weighted by Gasteiger charge is -1.96. The Kier molecular flexibility index (Phi) is 1.30. The highest BCUT2D eigenvalue weighted by atomic mass is 13.9. The van der Waals surface area contributed by atoms with E-state index in [1.165, 1.54) is 5.57 Å². The fraction of sp³-hybridized carbons (Fsp3) is 0.286. The highest BCUT2D eigenvalue weighted by Gasteiger charge is 1.88. The molecule has 0 aromatic rings. The van der Waals surface area contributed by atoms with Crippen molar-refractivity contribution in [3.8, 4) is 0 Å².